The van der Waals surface area contributed by atoms with E-state index in [4.69, 9.17) is 21.3 Å². The monoisotopic (exact) mass is 498 g/mol. The van der Waals surface area contributed by atoms with E-state index in [0.717, 1.165) is 37.2 Å². The lowest BCUT2D eigenvalue weighted by atomic mass is 9.87. The summed E-state index contributed by atoms with van der Waals surface area (Å²) in [5.74, 6) is 1.05. The average Bonchev–Trinajstić information content (AvgIpc) is 3.62. The lowest BCUT2D eigenvalue weighted by Crippen LogP contribution is -2.29. The van der Waals surface area contributed by atoms with Crippen LogP contribution in [0.25, 0.3) is 11.4 Å². The molecular formula is C23H27ClN8O3. The maximum atomic E-state index is 11.4. The summed E-state index contributed by atoms with van der Waals surface area (Å²) < 4.78 is 7.81. The molecule has 2 aliphatic carbocycles. The van der Waals surface area contributed by atoms with E-state index in [1.807, 2.05) is 26.1 Å². The van der Waals surface area contributed by atoms with Gasteiger partial charge in [-0.1, -0.05) is 5.21 Å². The molecule has 2 N–H and O–H groups in total. The smallest absolute Gasteiger partial charge is 0.306 e. The number of pyridine rings is 1. The van der Waals surface area contributed by atoms with Crippen molar-refractivity contribution in [2.75, 3.05) is 5.32 Å². The Balaban J connectivity index is 1.30. The Morgan fingerprint density at radius 2 is 2.03 bits per heavy atom. The fraction of sp³-hybridized carbons (Fsp3) is 0.522. The minimum Gasteiger partial charge on any atom is -0.489 e. The van der Waals surface area contributed by atoms with Crippen LogP contribution in [-0.2, 0) is 18.4 Å². The molecule has 2 aliphatic rings. The molecule has 3 aromatic rings. The molecule has 0 amide bonds. The first-order valence-corrected chi connectivity index (χ1v) is 12.2. The topological polar surface area (TPSA) is 141 Å². The van der Waals surface area contributed by atoms with E-state index in [2.05, 4.69) is 30.6 Å². The van der Waals surface area contributed by atoms with Gasteiger partial charge in [0, 0.05) is 13.0 Å². The number of rotatable bonds is 8. The second-order valence-corrected chi connectivity index (χ2v) is 9.48. The highest BCUT2D eigenvalue weighted by Gasteiger charge is 2.29. The Morgan fingerprint density at radius 1 is 1.20 bits per heavy atom. The maximum Gasteiger partial charge on any atom is 0.306 e. The number of aryl methyl sites for hydroxylation is 2. The van der Waals surface area contributed by atoms with Crippen LogP contribution < -0.4 is 10.1 Å². The first-order valence-electron chi connectivity index (χ1n) is 11.8. The van der Waals surface area contributed by atoms with Gasteiger partial charge in [0.2, 0.25) is 11.2 Å². The molecule has 5 rings (SSSR count). The first-order chi connectivity index (χ1) is 16.9. The molecule has 0 bridgehead atoms. The van der Waals surface area contributed by atoms with Gasteiger partial charge in [0.15, 0.2) is 0 Å². The molecule has 3 heterocycles. The molecule has 0 aromatic carbocycles. The molecule has 12 heteroatoms. The summed E-state index contributed by atoms with van der Waals surface area (Å²) in [6.45, 7) is 2.25. The maximum absolute atomic E-state index is 11.4. The van der Waals surface area contributed by atoms with E-state index in [1.165, 1.54) is 0 Å². The largest absolute Gasteiger partial charge is 0.489 e. The number of hydrogen-bond acceptors (Lipinski definition) is 9. The number of carbonyl (C=O) groups is 1. The Hall–Kier alpha value is -3.34. The van der Waals surface area contributed by atoms with Gasteiger partial charge in [-0.3, -0.25) is 4.79 Å². The fourth-order valence-corrected chi connectivity index (χ4v) is 4.53. The molecule has 2 fully saturated rings. The SMILES string of the molecule is Cc1nc(-c2nnn(C)c2CNc2nc(Cl)nc(C3CC3)n2)ccc1O[C@H]1CCC[C@H](C(=O)O)C1. The van der Waals surface area contributed by atoms with Crippen LogP contribution in [0.15, 0.2) is 12.1 Å². The van der Waals surface area contributed by atoms with E-state index >= 15 is 0 Å². The Morgan fingerprint density at radius 3 is 2.77 bits per heavy atom. The Labute approximate surface area is 207 Å². The number of aliphatic carboxylic acids is 1. The number of carboxylic acid groups (broad SMARTS) is 1. The average molecular weight is 499 g/mol. The van der Waals surface area contributed by atoms with Crippen LogP contribution in [0.2, 0.25) is 5.28 Å². The predicted molar refractivity (Wildman–Crippen MR) is 127 cm³/mol. The molecule has 0 aliphatic heterocycles. The number of halogens is 1. The molecule has 11 nitrogen and oxygen atoms in total. The normalized spacial score (nSPS) is 20.0. The van der Waals surface area contributed by atoms with E-state index in [9.17, 15) is 9.90 Å². The van der Waals surface area contributed by atoms with Crippen molar-refractivity contribution in [2.45, 2.75) is 64.0 Å². The van der Waals surface area contributed by atoms with Gasteiger partial charge in [0.1, 0.15) is 17.3 Å². The molecule has 2 atom stereocenters. The number of carboxylic acids is 1. The molecule has 184 valence electrons. The van der Waals surface area contributed by atoms with Crippen molar-refractivity contribution >= 4 is 23.5 Å². The van der Waals surface area contributed by atoms with Crippen molar-refractivity contribution in [3.8, 4) is 17.1 Å². The third-order valence-electron chi connectivity index (χ3n) is 6.47. The van der Waals surface area contributed by atoms with Crippen molar-refractivity contribution < 1.29 is 14.6 Å². The number of anilines is 1. The van der Waals surface area contributed by atoms with Crippen LogP contribution in [0.1, 0.15) is 61.7 Å². The predicted octanol–water partition coefficient (Wildman–Crippen LogP) is 3.54. The fourth-order valence-electron chi connectivity index (χ4n) is 4.37. The highest BCUT2D eigenvalue weighted by atomic mass is 35.5. The lowest BCUT2D eigenvalue weighted by molar-refractivity contribution is -0.143. The van der Waals surface area contributed by atoms with Crippen molar-refractivity contribution in [2.24, 2.45) is 13.0 Å². The van der Waals surface area contributed by atoms with E-state index in [0.29, 0.717) is 54.1 Å². The number of hydrogen-bond donors (Lipinski definition) is 2. The zero-order chi connectivity index (χ0) is 24.5. The van der Waals surface area contributed by atoms with Crippen LogP contribution in [0.4, 0.5) is 5.95 Å². The third-order valence-corrected chi connectivity index (χ3v) is 6.64. The Bertz CT molecular complexity index is 1250. The summed E-state index contributed by atoms with van der Waals surface area (Å²) in [6.07, 6.45) is 4.92. The number of ether oxygens (including phenoxy) is 1. The minimum absolute atomic E-state index is 0.125. The molecule has 35 heavy (non-hydrogen) atoms. The zero-order valence-electron chi connectivity index (χ0n) is 19.6. The molecule has 2 saturated carbocycles. The summed E-state index contributed by atoms with van der Waals surface area (Å²) >= 11 is 6.08. The standard InChI is InChI=1S/C23H27ClN8O3/c1-12-18(35-15-5-3-4-14(10-15)21(33)34)9-8-16(26-12)19-17(32(2)31-30-19)11-25-23-28-20(13-6-7-13)27-22(24)29-23/h8-9,13-15H,3-7,10-11H2,1-2H3,(H,33,34)(H,25,27,28,29)/t14-,15-/m0/s1. The van der Waals surface area contributed by atoms with Gasteiger partial charge in [-0.2, -0.15) is 9.97 Å². The molecule has 3 aromatic heterocycles. The van der Waals surface area contributed by atoms with Gasteiger partial charge in [0.25, 0.3) is 0 Å². The molecule has 0 unspecified atom stereocenters. The van der Waals surface area contributed by atoms with Gasteiger partial charge >= 0.3 is 5.97 Å². The van der Waals surface area contributed by atoms with Gasteiger partial charge in [-0.05, 0) is 69.2 Å². The van der Waals surface area contributed by atoms with Gasteiger partial charge in [0.05, 0.1) is 35.6 Å². The van der Waals surface area contributed by atoms with E-state index in [-0.39, 0.29) is 17.3 Å². The summed E-state index contributed by atoms with van der Waals surface area (Å²) in [5, 5.41) is 21.2. The molecule has 0 radical (unpaired) electrons. The second-order valence-electron chi connectivity index (χ2n) is 9.14. The van der Waals surface area contributed by atoms with Gasteiger partial charge in [-0.25, -0.2) is 14.6 Å². The molecular weight excluding hydrogens is 472 g/mol. The Kier molecular flexibility index (Phi) is 6.50. The lowest BCUT2D eigenvalue weighted by Gasteiger charge is -2.27. The van der Waals surface area contributed by atoms with Crippen molar-refractivity contribution in [1.82, 2.24) is 34.9 Å². The van der Waals surface area contributed by atoms with Crippen molar-refractivity contribution in [3.63, 3.8) is 0 Å². The zero-order valence-corrected chi connectivity index (χ0v) is 20.4. The van der Waals surface area contributed by atoms with Crippen LogP contribution in [0.5, 0.6) is 5.75 Å². The van der Waals surface area contributed by atoms with Crippen molar-refractivity contribution in [1.29, 1.82) is 0 Å². The highest BCUT2D eigenvalue weighted by molar-refractivity contribution is 6.28. The van der Waals surface area contributed by atoms with Crippen LogP contribution in [0, 0.1) is 12.8 Å². The first kappa shape index (κ1) is 23.4. The van der Waals surface area contributed by atoms with E-state index < -0.39 is 5.97 Å². The van der Waals surface area contributed by atoms with Crippen LogP contribution >= 0.6 is 11.6 Å². The number of aromatic nitrogens is 7. The van der Waals surface area contributed by atoms with Crippen molar-refractivity contribution in [3.05, 3.63) is 34.6 Å². The van der Waals surface area contributed by atoms with Gasteiger partial charge in [-0.15, -0.1) is 5.10 Å². The third kappa shape index (κ3) is 5.34. The van der Waals surface area contributed by atoms with E-state index in [1.54, 1.807) is 4.68 Å². The summed E-state index contributed by atoms with van der Waals surface area (Å²) in [7, 11) is 1.82. The quantitative estimate of drug-likeness (QED) is 0.473. The van der Waals surface area contributed by atoms with Gasteiger partial charge < -0.3 is 15.2 Å². The second kappa shape index (κ2) is 9.73. The highest BCUT2D eigenvalue weighted by Crippen LogP contribution is 2.38. The summed E-state index contributed by atoms with van der Waals surface area (Å²) in [6, 6.07) is 3.71. The number of nitrogens with one attached hydrogen (secondary N) is 1. The minimum atomic E-state index is -0.754. The molecule has 0 saturated heterocycles. The summed E-state index contributed by atoms with van der Waals surface area (Å²) in [5.41, 5.74) is 2.83. The van der Waals surface area contributed by atoms with Crippen LogP contribution in [0.3, 0.4) is 0 Å². The number of nitrogens with zero attached hydrogens (tertiary/aromatic N) is 7. The van der Waals surface area contributed by atoms with Crippen LogP contribution in [-0.4, -0.2) is 52.1 Å². The molecule has 0 spiro atoms. The summed E-state index contributed by atoms with van der Waals surface area (Å²) in [4.78, 5) is 29.0.